The highest BCUT2D eigenvalue weighted by Crippen LogP contribution is 2.21. The minimum Gasteiger partial charge on any atom is -0.496 e. The van der Waals surface area contributed by atoms with Crippen LogP contribution in [0.25, 0.3) is 17.1 Å². The van der Waals surface area contributed by atoms with Gasteiger partial charge >= 0.3 is 0 Å². The fourth-order valence-corrected chi connectivity index (χ4v) is 2.68. The predicted octanol–water partition coefficient (Wildman–Crippen LogP) is 2.51. The summed E-state index contributed by atoms with van der Waals surface area (Å²) < 4.78 is 12.1. The first kappa shape index (κ1) is 13.7. The molecule has 0 radical (unpaired) electrons. The van der Waals surface area contributed by atoms with Crippen LogP contribution in [0.2, 0.25) is 0 Å². The van der Waals surface area contributed by atoms with Gasteiger partial charge in [-0.25, -0.2) is 0 Å². The second-order valence-corrected chi connectivity index (χ2v) is 5.25. The first-order valence-electron chi connectivity index (χ1n) is 6.33. The number of nitrogens with zero attached hydrogens (tertiary/aromatic N) is 4. The van der Waals surface area contributed by atoms with E-state index >= 15 is 0 Å². The predicted molar refractivity (Wildman–Crippen MR) is 81.3 cm³/mol. The molecule has 0 N–H and O–H groups in total. The van der Waals surface area contributed by atoms with Crippen LogP contribution in [0.1, 0.15) is 16.4 Å². The smallest absolute Gasteiger partial charge is 0.235 e. The lowest BCUT2D eigenvalue weighted by atomic mass is 10.2. The first-order chi connectivity index (χ1) is 10.3. The van der Waals surface area contributed by atoms with Gasteiger partial charge in [-0.15, -0.1) is 10.2 Å². The van der Waals surface area contributed by atoms with Gasteiger partial charge in [0, 0.05) is 12.7 Å². The molecule has 0 amide bonds. The summed E-state index contributed by atoms with van der Waals surface area (Å²) >= 11 is 1.47. The number of benzene rings is 1. The summed E-state index contributed by atoms with van der Waals surface area (Å²) in [5, 5.41) is 13.4. The molecule has 6 nitrogen and oxygen atoms in total. The molecule has 3 aromatic rings. The van der Waals surface area contributed by atoms with E-state index in [-0.39, 0.29) is 0 Å². The molecular formula is C14H14N4O2S. The zero-order valence-electron chi connectivity index (χ0n) is 11.7. The maximum absolute atomic E-state index is 5.32. The van der Waals surface area contributed by atoms with Gasteiger partial charge in [0.15, 0.2) is 5.82 Å². The average Bonchev–Trinajstić information content (AvgIpc) is 3.07. The molecule has 3 rings (SSSR count). The zero-order valence-corrected chi connectivity index (χ0v) is 12.5. The van der Waals surface area contributed by atoms with Crippen molar-refractivity contribution in [2.75, 3.05) is 14.2 Å². The van der Waals surface area contributed by atoms with E-state index in [1.807, 2.05) is 36.4 Å². The number of hydrogen-bond acceptors (Lipinski definition) is 6. The van der Waals surface area contributed by atoms with E-state index in [0.717, 1.165) is 21.3 Å². The number of hydrogen-bond donors (Lipinski definition) is 0. The average molecular weight is 302 g/mol. The lowest BCUT2D eigenvalue weighted by Gasteiger charge is -2.02. The summed E-state index contributed by atoms with van der Waals surface area (Å²) in [4.78, 5) is 0.752. The minimum absolute atomic E-state index is 0.389. The standard InChI is InChI=1S/C14H14N4O2S/c1-19-9-12-15-16-14-18(12)17-13(21-14)8-7-10-5-3-4-6-11(10)20-2/h3-8H,9H2,1-2H3/b8-7+. The van der Waals surface area contributed by atoms with Crippen LogP contribution < -0.4 is 4.74 Å². The Hall–Kier alpha value is -2.25. The number of ether oxygens (including phenoxy) is 2. The fourth-order valence-electron chi connectivity index (χ4n) is 1.92. The van der Waals surface area contributed by atoms with E-state index in [1.165, 1.54) is 11.3 Å². The third-order valence-corrected chi connectivity index (χ3v) is 3.75. The Bertz CT molecular complexity index is 778. The summed E-state index contributed by atoms with van der Waals surface area (Å²) in [6, 6.07) is 7.83. The SMILES string of the molecule is COCc1nnc2sc(/C=C/c3ccccc3OC)nn12. The molecule has 1 aromatic carbocycles. The van der Waals surface area contributed by atoms with Crippen LogP contribution in [0.15, 0.2) is 24.3 Å². The molecule has 0 unspecified atom stereocenters. The molecular weight excluding hydrogens is 288 g/mol. The molecule has 0 aliphatic rings. The highest BCUT2D eigenvalue weighted by molar-refractivity contribution is 7.17. The number of fused-ring (bicyclic) bond motifs is 1. The van der Waals surface area contributed by atoms with Crippen molar-refractivity contribution in [3.63, 3.8) is 0 Å². The van der Waals surface area contributed by atoms with Gasteiger partial charge < -0.3 is 9.47 Å². The zero-order chi connectivity index (χ0) is 14.7. The fraction of sp³-hybridized carbons (Fsp3) is 0.214. The quantitative estimate of drug-likeness (QED) is 0.724. The molecule has 0 aliphatic heterocycles. The van der Waals surface area contributed by atoms with E-state index in [1.54, 1.807) is 18.7 Å². The van der Waals surface area contributed by atoms with Gasteiger partial charge in [0.25, 0.3) is 0 Å². The second kappa shape index (κ2) is 6.02. The third kappa shape index (κ3) is 2.79. The van der Waals surface area contributed by atoms with Gasteiger partial charge in [-0.05, 0) is 18.2 Å². The van der Waals surface area contributed by atoms with Crippen LogP contribution in [-0.2, 0) is 11.3 Å². The molecule has 7 heteroatoms. The van der Waals surface area contributed by atoms with Crippen LogP contribution >= 0.6 is 11.3 Å². The molecule has 0 spiro atoms. The van der Waals surface area contributed by atoms with Gasteiger partial charge in [0.1, 0.15) is 17.4 Å². The summed E-state index contributed by atoms with van der Waals surface area (Å²) in [7, 11) is 3.28. The van der Waals surface area contributed by atoms with Gasteiger partial charge in [0.05, 0.1) is 7.11 Å². The Morgan fingerprint density at radius 1 is 1.19 bits per heavy atom. The first-order valence-corrected chi connectivity index (χ1v) is 7.14. The molecule has 0 saturated heterocycles. The van der Waals surface area contributed by atoms with Crippen molar-refractivity contribution in [3.05, 3.63) is 40.7 Å². The molecule has 108 valence electrons. The van der Waals surface area contributed by atoms with Gasteiger partial charge in [-0.3, -0.25) is 0 Å². The van der Waals surface area contributed by atoms with Crippen molar-refractivity contribution < 1.29 is 9.47 Å². The van der Waals surface area contributed by atoms with Gasteiger partial charge in [0.2, 0.25) is 4.96 Å². The van der Waals surface area contributed by atoms with Crippen molar-refractivity contribution in [2.45, 2.75) is 6.61 Å². The van der Waals surface area contributed by atoms with Crippen LogP contribution in [-0.4, -0.2) is 34.0 Å². The summed E-state index contributed by atoms with van der Waals surface area (Å²) in [5.74, 6) is 1.53. The molecule has 0 fully saturated rings. The normalized spacial score (nSPS) is 11.5. The maximum Gasteiger partial charge on any atom is 0.235 e. The monoisotopic (exact) mass is 302 g/mol. The highest BCUT2D eigenvalue weighted by Gasteiger charge is 2.09. The lowest BCUT2D eigenvalue weighted by Crippen LogP contribution is -1.97. The Balaban J connectivity index is 1.89. The Morgan fingerprint density at radius 2 is 2.05 bits per heavy atom. The Labute approximate surface area is 125 Å². The molecule has 2 heterocycles. The molecule has 0 aliphatic carbocycles. The van der Waals surface area contributed by atoms with Crippen molar-refractivity contribution in [1.82, 2.24) is 19.8 Å². The van der Waals surface area contributed by atoms with E-state index in [4.69, 9.17) is 9.47 Å². The van der Waals surface area contributed by atoms with Crippen LogP contribution in [0.5, 0.6) is 5.75 Å². The number of methoxy groups -OCH3 is 2. The Kier molecular flexibility index (Phi) is 3.94. The van der Waals surface area contributed by atoms with Crippen molar-refractivity contribution >= 4 is 28.4 Å². The third-order valence-electron chi connectivity index (χ3n) is 2.89. The second-order valence-electron chi connectivity index (χ2n) is 4.26. The van der Waals surface area contributed by atoms with Crippen molar-refractivity contribution in [3.8, 4) is 5.75 Å². The van der Waals surface area contributed by atoms with Crippen LogP contribution in [0, 0.1) is 0 Å². The highest BCUT2D eigenvalue weighted by atomic mass is 32.1. The minimum atomic E-state index is 0.389. The van der Waals surface area contributed by atoms with E-state index in [0.29, 0.717) is 12.4 Å². The molecule has 0 bridgehead atoms. The molecule has 0 atom stereocenters. The van der Waals surface area contributed by atoms with Crippen LogP contribution in [0.3, 0.4) is 0 Å². The van der Waals surface area contributed by atoms with Gasteiger partial charge in [-0.1, -0.05) is 29.5 Å². The summed E-state index contributed by atoms with van der Waals surface area (Å²) in [6.07, 6.45) is 3.91. The van der Waals surface area contributed by atoms with Crippen molar-refractivity contribution in [1.29, 1.82) is 0 Å². The molecule has 0 saturated carbocycles. The largest absolute Gasteiger partial charge is 0.496 e. The van der Waals surface area contributed by atoms with Crippen LogP contribution in [0.4, 0.5) is 0 Å². The lowest BCUT2D eigenvalue weighted by molar-refractivity contribution is 0.176. The van der Waals surface area contributed by atoms with E-state index in [9.17, 15) is 0 Å². The Morgan fingerprint density at radius 3 is 2.86 bits per heavy atom. The molecule has 21 heavy (non-hydrogen) atoms. The topological polar surface area (TPSA) is 61.5 Å². The number of aromatic nitrogens is 4. The summed E-state index contributed by atoms with van der Waals surface area (Å²) in [5.41, 5.74) is 1.00. The van der Waals surface area contributed by atoms with E-state index < -0.39 is 0 Å². The van der Waals surface area contributed by atoms with Gasteiger partial charge in [-0.2, -0.15) is 9.61 Å². The maximum atomic E-state index is 5.32. The molecule has 2 aromatic heterocycles. The number of rotatable bonds is 5. The summed E-state index contributed by atoms with van der Waals surface area (Å²) in [6.45, 7) is 0.389. The number of para-hydroxylation sites is 1. The van der Waals surface area contributed by atoms with Crippen molar-refractivity contribution in [2.24, 2.45) is 0 Å². The van der Waals surface area contributed by atoms with E-state index in [2.05, 4.69) is 15.3 Å².